The summed E-state index contributed by atoms with van der Waals surface area (Å²) in [6.07, 6.45) is 0.618. The fourth-order valence-corrected chi connectivity index (χ4v) is 1.94. The van der Waals surface area contributed by atoms with Crippen molar-refractivity contribution in [3.63, 3.8) is 0 Å². The summed E-state index contributed by atoms with van der Waals surface area (Å²) in [4.78, 5) is 23.2. The molecule has 0 aliphatic carbocycles. The third-order valence-electron chi connectivity index (χ3n) is 2.76. The Labute approximate surface area is 106 Å². The number of rotatable bonds is 3. The summed E-state index contributed by atoms with van der Waals surface area (Å²) in [5, 5.41) is 3.04. The van der Waals surface area contributed by atoms with Crippen LogP contribution in [0.25, 0.3) is 0 Å². The average molecular weight is 243 g/mol. The summed E-state index contributed by atoms with van der Waals surface area (Å²) in [5.74, 6) is 0. The number of anilines is 2. The van der Waals surface area contributed by atoms with Gasteiger partial charge >= 0.3 is 0 Å². The SMILES string of the molecule is CC(C)(C)Cc1c(Nc2ccccc2)c(=O)c1=O. The zero-order valence-corrected chi connectivity index (χ0v) is 10.9. The Bertz CT molecular complexity index is 614. The monoisotopic (exact) mass is 243 g/mol. The van der Waals surface area contributed by atoms with Crippen LogP contribution in [0, 0.1) is 5.41 Å². The molecule has 0 unspecified atom stereocenters. The molecule has 0 aromatic heterocycles. The standard InChI is InChI=1S/C15H17NO2/c1-15(2,3)9-11-12(14(18)13(11)17)16-10-7-5-4-6-8-10/h4-8,16H,9H2,1-3H3. The number of nitrogens with one attached hydrogen (secondary N) is 1. The molecular weight excluding hydrogens is 226 g/mol. The van der Waals surface area contributed by atoms with Gasteiger partial charge in [-0.1, -0.05) is 39.0 Å². The lowest BCUT2D eigenvalue weighted by Crippen LogP contribution is -2.39. The minimum Gasteiger partial charge on any atom is -0.352 e. The zero-order valence-electron chi connectivity index (χ0n) is 10.9. The fraction of sp³-hybridized carbons (Fsp3) is 0.333. The highest BCUT2D eigenvalue weighted by Gasteiger charge is 2.25. The Balaban J connectivity index is 2.27. The summed E-state index contributed by atoms with van der Waals surface area (Å²) in [6, 6.07) is 9.42. The lowest BCUT2D eigenvalue weighted by Gasteiger charge is -2.21. The van der Waals surface area contributed by atoms with Crippen molar-refractivity contribution in [2.24, 2.45) is 5.41 Å². The van der Waals surface area contributed by atoms with Crippen molar-refractivity contribution in [1.82, 2.24) is 0 Å². The van der Waals surface area contributed by atoms with E-state index in [4.69, 9.17) is 0 Å². The van der Waals surface area contributed by atoms with Gasteiger partial charge in [-0.05, 0) is 24.0 Å². The minimum absolute atomic E-state index is 0.00465. The van der Waals surface area contributed by atoms with Crippen molar-refractivity contribution in [1.29, 1.82) is 0 Å². The molecule has 0 heterocycles. The van der Waals surface area contributed by atoms with E-state index in [-0.39, 0.29) is 10.8 Å². The third-order valence-corrected chi connectivity index (χ3v) is 2.76. The van der Waals surface area contributed by atoms with Crippen LogP contribution in [0.1, 0.15) is 26.3 Å². The molecule has 0 fully saturated rings. The molecule has 3 nitrogen and oxygen atoms in total. The van der Waals surface area contributed by atoms with Crippen LogP contribution in [0.2, 0.25) is 0 Å². The smallest absolute Gasteiger partial charge is 0.249 e. The van der Waals surface area contributed by atoms with Gasteiger partial charge in [0.05, 0.1) is 5.69 Å². The Morgan fingerprint density at radius 3 is 2.17 bits per heavy atom. The number of hydrogen-bond acceptors (Lipinski definition) is 3. The molecule has 0 spiro atoms. The van der Waals surface area contributed by atoms with Crippen LogP contribution < -0.4 is 16.2 Å². The number of benzene rings is 1. The van der Waals surface area contributed by atoms with Crippen LogP contribution in [0.5, 0.6) is 0 Å². The Hall–Kier alpha value is -1.90. The lowest BCUT2D eigenvalue weighted by atomic mass is 9.85. The molecule has 2 aromatic carbocycles. The van der Waals surface area contributed by atoms with Crippen molar-refractivity contribution in [2.45, 2.75) is 27.2 Å². The van der Waals surface area contributed by atoms with Gasteiger partial charge in [0, 0.05) is 11.3 Å². The highest BCUT2D eigenvalue weighted by molar-refractivity contribution is 5.66. The maximum atomic E-state index is 11.6. The average Bonchev–Trinajstić information content (AvgIpc) is 2.33. The first-order valence-corrected chi connectivity index (χ1v) is 6.03. The van der Waals surface area contributed by atoms with Crippen LogP contribution >= 0.6 is 0 Å². The van der Waals surface area contributed by atoms with Crippen LogP contribution in [0.3, 0.4) is 0 Å². The summed E-state index contributed by atoms with van der Waals surface area (Å²) in [5.41, 5.74) is 1.16. The third kappa shape index (κ3) is 2.50. The molecule has 0 amide bonds. The molecular formula is C15H17NO2. The molecule has 0 saturated carbocycles. The molecule has 18 heavy (non-hydrogen) atoms. The van der Waals surface area contributed by atoms with E-state index in [1.54, 1.807) is 0 Å². The molecule has 0 bridgehead atoms. The first-order valence-electron chi connectivity index (χ1n) is 6.03. The topological polar surface area (TPSA) is 46.2 Å². The molecule has 0 aliphatic heterocycles. The van der Waals surface area contributed by atoms with Crippen molar-refractivity contribution in [3.05, 3.63) is 56.3 Å². The highest BCUT2D eigenvalue weighted by Crippen LogP contribution is 2.24. The van der Waals surface area contributed by atoms with Gasteiger partial charge < -0.3 is 5.32 Å². The van der Waals surface area contributed by atoms with Gasteiger partial charge in [-0.25, -0.2) is 0 Å². The van der Waals surface area contributed by atoms with E-state index < -0.39 is 5.43 Å². The van der Waals surface area contributed by atoms with E-state index >= 15 is 0 Å². The van der Waals surface area contributed by atoms with Gasteiger partial charge in [-0.2, -0.15) is 0 Å². The summed E-state index contributed by atoms with van der Waals surface area (Å²) in [7, 11) is 0. The predicted octanol–water partition coefficient (Wildman–Crippen LogP) is 2.61. The Morgan fingerprint density at radius 2 is 1.61 bits per heavy atom. The summed E-state index contributed by atoms with van der Waals surface area (Å²) >= 11 is 0. The Kier molecular flexibility index (Phi) is 3.07. The molecule has 0 atom stereocenters. The lowest BCUT2D eigenvalue weighted by molar-refractivity contribution is 0.409. The molecule has 1 N–H and O–H groups in total. The van der Waals surface area contributed by atoms with Gasteiger partial charge in [-0.15, -0.1) is 0 Å². The van der Waals surface area contributed by atoms with Crippen molar-refractivity contribution in [3.8, 4) is 0 Å². The van der Waals surface area contributed by atoms with Gasteiger partial charge in [0.15, 0.2) is 0 Å². The van der Waals surface area contributed by atoms with E-state index in [1.807, 2.05) is 30.3 Å². The minimum atomic E-state index is -0.405. The largest absolute Gasteiger partial charge is 0.352 e. The quantitative estimate of drug-likeness (QED) is 0.843. The van der Waals surface area contributed by atoms with Crippen molar-refractivity contribution < 1.29 is 0 Å². The second-order valence-electron chi connectivity index (χ2n) is 5.74. The van der Waals surface area contributed by atoms with E-state index in [0.717, 1.165) is 5.69 Å². The van der Waals surface area contributed by atoms with Crippen LogP contribution in [0.4, 0.5) is 11.4 Å². The normalized spacial score (nSPS) is 11.7. The summed E-state index contributed by atoms with van der Waals surface area (Å²) in [6.45, 7) is 6.16. The molecule has 0 aliphatic rings. The number of hydrogen-bond donors (Lipinski definition) is 1. The first-order chi connectivity index (χ1) is 8.38. The predicted molar refractivity (Wildman–Crippen MR) is 74.2 cm³/mol. The van der Waals surface area contributed by atoms with E-state index in [2.05, 4.69) is 26.1 Å². The molecule has 94 valence electrons. The van der Waals surface area contributed by atoms with Gasteiger partial charge in [0.2, 0.25) is 10.9 Å². The van der Waals surface area contributed by atoms with Crippen molar-refractivity contribution in [2.75, 3.05) is 5.32 Å². The molecule has 3 heteroatoms. The second kappa shape index (κ2) is 4.41. The molecule has 0 saturated heterocycles. The zero-order chi connectivity index (χ0) is 13.3. The second-order valence-corrected chi connectivity index (χ2v) is 5.74. The van der Waals surface area contributed by atoms with Crippen molar-refractivity contribution >= 4 is 11.4 Å². The first kappa shape index (κ1) is 12.6. The van der Waals surface area contributed by atoms with Gasteiger partial charge in [0.1, 0.15) is 0 Å². The highest BCUT2D eigenvalue weighted by atomic mass is 16.2. The fourth-order valence-electron chi connectivity index (χ4n) is 1.94. The maximum Gasteiger partial charge on any atom is 0.249 e. The van der Waals surface area contributed by atoms with E-state index in [1.165, 1.54) is 0 Å². The molecule has 2 aromatic rings. The molecule has 0 radical (unpaired) electrons. The maximum absolute atomic E-state index is 11.6. The van der Waals surface area contributed by atoms with E-state index in [0.29, 0.717) is 17.7 Å². The van der Waals surface area contributed by atoms with Crippen LogP contribution in [-0.4, -0.2) is 0 Å². The van der Waals surface area contributed by atoms with Crippen LogP contribution in [-0.2, 0) is 6.42 Å². The Morgan fingerprint density at radius 1 is 1.00 bits per heavy atom. The van der Waals surface area contributed by atoms with E-state index in [9.17, 15) is 9.59 Å². The van der Waals surface area contributed by atoms with Gasteiger partial charge in [0.25, 0.3) is 0 Å². The molecule has 2 rings (SSSR count). The number of para-hydroxylation sites is 1. The summed E-state index contributed by atoms with van der Waals surface area (Å²) < 4.78 is 0. The van der Waals surface area contributed by atoms with Crippen LogP contribution in [0.15, 0.2) is 39.9 Å². The van der Waals surface area contributed by atoms with Gasteiger partial charge in [-0.3, -0.25) is 9.59 Å².